The van der Waals surface area contributed by atoms with E-state index in [1.54, 1.807) is 13.0 Å². The minimum atomic E-state index is -0.339. The van der Waals surface area contributed by atoms with Gasteiger partial charge in [-0.05, 0) is 38.8 Å². The Bertz CT molecular complexity index is 462. The molecule has 1 aromatic rings. The maximum atomic E-state index is 10.8. The zero-order valence-corrected chi connectivity index (χ0v) is 10.8. The van der Waals surface area contributed by atoms with Gasteiger partial charge >= 0.3 is 0 Å². The van der Waals surface area contributed by atoms with Gasteiger partial charge < -0.3 is 10.6 Å². The molecule has 0 radical (unpaired) electrons. The number of nitrogens with two attached hydrogens (primary N) is 1. The first kappa shape index (κ1) is 12.8. The lowest BCUT2D eigenvalue weighted by Gasteiger charge is -2.38. The Morgan fingerprint density at radius 2 is 2.22 bits per heavy atom. The molecule has 0 spiro atoms. The van der Waals surface area contributed by atoms with Crippen molar-refractivity contribution in [2.45, 2.75) is 38.8 Å². The fourth-order valence-corrected chi connectivity index (χ4v) is 2.62. The van der Waals surface area contributed by atoms with Gasteiger partial charge in [0.2, 0.25) is 0 Å². The third-order valence-electron chi connectivity index (χ3n) is 3.63. The van der Waals surface area contributed by atoms with E-state index in [1.807, 2.05) is 12.1 Å². The van der Waals surface area contributed by atoms with Crippen LogP contribution in [0.5, 0.6) is 0 Å². The van der Waals surface area contributed by atoms with Crippen LogP contribution in [0, 0.1) is 17.0 Å². The quantitative estimate of drug-likeness (QED) is 0.644. The molecular formula is C13H19N3O2. The number of benzene rings is 1. The summed E-state index contributed by atoms with van der Waals surface area (Å²) in [6.45, 7) is 4.84. The molecule has 1 aliphatic rings. The van der Waals surface area contributed by atoms with E-state index in [0.29, 0.717) is 11.6 Å². The van der Waals surface area contributed by atoms with Gasteiger partial charge in [-0.15, -0.1) is 0 Å². The van der Waals surface area contributed by atoms with Crippen LogP contribution in [0.4, 0.5) is 11.4 Å². The minimum Gasteiger partial charge on any atom is -0.369 e. The number of piperidine rings is 1. The summed E-state index contributed by atoms with van der Waals surface area (Å²) in [6.07, 6.45) is 1.94. The van der Waals surface area contributed by atoms with Gasteiger partial charge in [0.05, 0.1) is 4.92 Å². The van der Waals surface area contributed by atoms with Gasteiger partial charge in [0.25, 0.3) is 5.69 Å². The molecule has 0 aliphatic carbocycles. The second-order valence-electron chi connectivity index (χ2n) is 5.05. The van der Waals surface area contributed by atoms with E-state index in [2.05, 4.69) is 11.8 Å². The molecule has 1 aliphatic heterocycles. The van der Waals surface area contributed by atoms with E-state index in [9.17, 15) is 10.1 Å². The van der Waals surface area contributed by atoms with Crippen molar-refractivity contribution in [2.24, 2.45) is 5.73 Å². The standard InChI is InChI=1S/C13H19N3O2/c1-9-7-12(3-4-13(9)16(17)18)15-6-5-11(14)8-10(15)2/h3-4,7,10-11H,5-6,8,14H2,1-2H3. The number of aryl methyl sites for hydroxylation is 1. The predicted octanol–water partition coefficient (Wildman–Crippen LogP) is 2.22. The lowest BCUT2D eigenvalue weighted by molar-refractivity contribution is -0.385. The largest absolute Gasteiger partial charge is 0.369 e. The second kappa shape index (κ2) is 4.94. The van der Waals surface area contributed by atoms with Crippen LogP contribution in [0.15, 0.2) is 18.2 Å². The lowest BCUT2D eigenvalue weighted by Crippen LogP contribution is -2.45. The summed E-state index contributed by atoms with van der Waals surface area (Å²) in [4.78, 5) is 12.7. The summed E-state index contributed by atoms with van der Waals surface area (Å²) >= 11 is 0. The zero-order chi connectivity index (χ0) is 13.3. The summed E-state index contributed by atoms with van der Waals surface area (Å²) in [5.74, 6) is 0. The molecule has 1 fully saturated rings. The number of nitrogens with zero attached hydrogens (tertiary/aromatic N) is 2. The molecule has 5 nitrogen and oxygen atoms in total. The molecule has 2 unspecified atom stereocenters. The first-order valence-electron chi connectivity index (χ1n) is 6.26. The number of hydrogen-bond acceptors (Lipinski definition) is 4. The third kappa shape index (κ3) is 2.46. The van der Waals surface area contributed by atoms with Crippen LogP contribution < -0.4 is 10.6 Å². The third-order valence-corrected chi connectivity index (χ3v) is 3.63. The Hall–Kier alpha value is -1.62. The summed E-state index contributed by atoms with van der Waals surface area (Å²) in [6, 6.07) is 5.97. The predicted molar refractivity (Wildman–Crippen MR) is 71.9 cm³/mol. The van der Waals surface area contributed by atoms with E-state index in [1.165, 1.54) is 0 Å². The summed E-state index contributed by atoms with van der Waals surface area (Å²) in [7, 11) is 0. The van der Waals surface area contributed by atoms with E-state index in [4.69, 9.17) is 5.73 Å². The molecule has 5 heteroatoms. The van der Waals surface area contributed by atoms with Gasteiger partial charge in [-0.2, -0.15) is 0 Å². The van der Waals surface area contributed by atoms with E-state index >= 15 is 0 Å². The Labute approximate surface area is 107 Å². The van der Waals surface area contributed by atoms with Crippen LogP contribution in [0.1, 0.15) is 25.3 Å². The number of rotatable bonds is 2. The van der Waals surface area contributed by atoms with Gasteiger partial charge in [-0.25, -0.2) is 0 Å². The number of nitro benzene ring substituents is 1. The number of hydrogen-bond donors (Lipinski definition) is 1. The molecule has 1 aromatic carbocycles. The average Bonchev–Trinajstić information content (AvgIpc) is 2.28. The monoisotopic (exact) mass is 249 g/mol. The highest BCUT2D eigenvalue weighted by atomic mass is 16.6. The summed E-state index contributed by atoms with van der Waals surface area (Å²) < 4.78 is 0. The van der Waals surface area contributed by atoms with Crippen molar-refractivity contribution >= 4 is 11.4 Å². The topological polar surface area (TPSA) is 72.4 Å². The minimum absolute atomic E-state index is 0.181. The highest BCUT2D eigenvalue weighted by Gasteiger charge is 2.24. The molecule has 2 N–H and O–H groups in total. The molecule has 2 rings (SSSR count). The zero-order valence-electron chi connectivity index (χ0n) is 10.8. The molecule has 0 amide bonds. The Morgan fingerprint density at radius 1 is 1.50 bits per heavy atom. The van der Waals surface area contributed by atoms with Gasteiger partial charge in [0.1, 0.15) is 0 Å². The molecule has 0 bridgehead atoms. The van der Waals surface area contributed by atoms with Crippen LogP contribution >= 0.6 is 0 Å². The van der Waals surface area contributed by atoms with Crippen LogP contribution in [0.25, 0.3) is 0 Å². The highest BCUT2D eigenvalue weighted by molar-refractivity contribution is 5.56. The van der Waals surface area contributed by atoms with Crippen molar-refractivity contribution in [1.82, 2.24) is 0 Å². The van der Waals surface area contributed by atoms with Crippen molar-refractivity contribution in [3.63, 3.8) is 0 Å². The molecule has 0 aromatic heterocycles. The average molecular weight is 249 g/mol. The molecular weight excluding hydrogens is 230 g/mol. The number of anilines is 1. The number of nitro groups is 1. The van der Waals surface area contributed by atoms with Gasteiger partial charge in [0, 0.05) is 35.9 Å². The summed E-state index contributed by atoms with van der Waals surface area (Å²) in [5.41, 5.74) is 7.89. The van der Waals surface area contributed by atoms with Crippen LogP contribution in [0.2, 0.25) is 0 Å². The fraction of sp³-hybridized carbons (Fsp3) is 0.538. The van der Waals surface area contributed by atoms with E-state index < -0.39 is 0 Å². The maximum absolute atomic E-state index is 10.8. The molecule has 0 saturated carbocycles. The Kier molecular flexibility index (Phi) is 3.52. The first-order valence-corrected chi connectivity index (χ1v) is 6.26. The van der Waals surface area contributed by atoms with E-state index in [-0.39, 0.29) is 16.7 Å². The van der Waals surface area contributed by atoms with Gasteiger partial charge in [-0.3, -0.25) is 10.1 Å². The SMILES string of the molecule is Cc1cc(N2CCC(N)CC2C)ccc1[N+](=O)[O-]. The van der Waals surface area contributed by atoms with Gasteiger partial charge in [-0.1, -0.05) is 0 Å². The van der Waals surface area contributed by atoms with E-state index in [0.717, 1.165) is 25.1 Å². The van der Waals surface area contributed by atoms with Crippen LogP contribution in [-0.4, -0.2) is 23.6 Å². The van der Waals surface area contributed by atoms with Crippen LogP contribution in [0.3, 0.4) is 0 Å². The maximum Gasteiger partial charge on any atom is 0.272 e. The molecule has 1 heterocycles. The molecule has 18 heavy (non-hydrogen) atoms. The molecule has 98 valence electrons. The first-order chi connectivity index (χ1) is 8.49. The van der Waals surface area contributed by atoms with Crippen molar-refractivity contribution in [3.05, 3.63) is 33.9 Å². The second-order valence-corrected chi connectivity index (χ2v) is 5.05. The van der Waals surface area contributed by atoms with Crippen molar-refractivity contribution in [3.8, 4) is 0 Å². The Balaban J connectivity index is 2.24. The lowest BCUT2D eigenvalue weighted by atomic mass is 9.98. The molecule has 2 atom stereocenters. The van der Waals surface area contributed by atoms with Crippen molar-refractivity contribution in [1.29, 1.82) is 0 Å². The normalized spacial score (nSPS) is 24.1. The Morgan fingerprint density at radius 3 is 2.78 bits per heavy atom. The van der Waals surface area contributed by atoms with Crippen molar-refractivity contribution < 1.29 is 4.92 Å². The van der Waals surface area contributed by atoms with Crippen LogP contribution in [-0.2, 0) is 0 Å². The van der Waals surface area contributed by atoms with Crippen molar-refractivity contribution in [2.75, 3.05) is 11.4 Å². The fourth-order valence-electron chi connectivity index (χ4n) is 2.62. The smallest absolute Gasteiger partial charge is 0.272 e. The summed E-state index contributed by atoms with van der Waals surface area (Å²) in [5, 5.41) is 10.8. The highest BCUT2D eigenvalue weighted by Crippen LogP contribution is 2.28. The molecule has 1 saturated heterocycles. The van der Waals surface area contributed by atoms with Gasteiger partial charge in [0.15, 0.2) is 0 Å².